The van der Waals surface area contributed by atoms with Gasteiger partial charge in [0, 0.05) is 13.5 Å². The topological polar surface area (TPSA) is 43.1 Å². The molecule has 4 heteroatoms. The Hall–Kier alpha value is -2.23. The van der Waals surface area contributed by atoms with E-state index in [1.54, 1.807) is 0 Å². The van der Waals surface area contributed by atoms with E-state index < -0.39 is 11.6 Å². The molecule has 0 atom stereocenters. The number of hydrogen-bond acceptors (Lipinski definition) is 2. The number of nitrogens with two attached hydrogens (primary N) is 1. The van der Waals surface area contributed by atoms with Crippen molar-refractivity contribution in [3.05, 3.63) is 64.7 Å². The molecule has 0 saturated heterocycles. The molecule has 116 valence electrons. The van der Waals surface area contributed by atoms with E-state index in [2.05, 4.69) is 13.8 Å². The summed E-state index contributed by atoms with van der Waals surface area (Å²) in [4.78, 5) is 9.95. The molecule has 0 bridgehead atoms. The number of aldehydes is 1. The summed E-state index contributed by atoms with van der Waals surface area (Å²) in [6.45, 7) is 4.14. The SMILES string of the molecule is C.Cc1ccc(N)cc1C.O=CCc1ccc(F)c(F)c1.[HH]. The minimum atomic E-state index is -0.913. The van der Waals surface area contributed by atoms with Crippen molar-refractivity contribution in [2.45, 2.75) is 27.7 Å². The van der Waals surface area contributed by atoms with Crippen LogP contribution in [0.25, 0.3) is 0 Å². The number of carbonyl (C=O) groups is 1. The van der Waals surface area contributed by atoms with Gasteiger partial charge in [-0.05, 0) is 54.8 Å². The summed E-state index contributed by atoms with van der Waals surface area (Å²) in [6, 6.07) is 9.34. The molecule has 2 aromatic rings. The summed E-state index contributed by atoms with van der Waals surface area (Å²) >= 11 is 0. The Morgan fingerprint density at radius 2 is 1.71 bits per heavy atom. The minimum Gasteiger partial charge on any atom is -0.399 e. The lowest BCUT2D eigenvalue weighted by atomic mass is 10.1. The van der Waals surface area contributed by atoms with Crippen molar-refractivity contribution >= 4 is 12.0 Å². The van der Waals surface area contributed by atoms with Gasteiger partial charge in [-0.3, -0.25) is 0 Å². The van der Waals surface area contributed by atoms with Gasteiger partial charge in [-0.25, -0.2) is 8.78 Å². The van der Waals surface area contributed by atoms with Gasteiger partial charge in [0.15, 0.2) is 11.6 Å². The zero-order valence-corrected chi connectivity index (χ0v) is 11.5. The number of carbonyl (C=O) groups excluding carboxylic acids is 1. The third-order valence-corrected chi connectivity index (χ3v) is 2.83. The third-order valence-electron chi connectivity index (χ3n) is 2.83. The minimum absolute atomic E-state index is 0. The van der Waals surface area contributed by atoms with Gasteiger partial charge in [-0.2, -0.15) is 0 Å². The number of halogens is 2. The molecule has 2 rings (SSSR count). The molecule has 0 unspecified atom stereocenters. The summed E-state index contributed by atoms with van der Waals surface area (Å²) in [5.74, 6) is -1.80. The van der Waals surface area contributed by atoms with Crippen LogP contribution in [0.3, 0.4) is 0 Å². The molecule has 0 spiro atoms. The quantitative estimate of drug-likeness (QED) is 0.656. The Labute approximate surface area is 126 Å². The summed E-state index contributed by atoms with van der Waals surface area (Å²) in [5, 5.41) is 0. The fourth-order valence-electron chi connectivity index (χ4n) is 1.53. The van der Waals surface area contributed by atoms with E-state index in [4.69, 9.17) is 5.73 Å². The second-order valence-electron chi connectivity index (χ2n) is 4.46. The predicted molar refractivity (Wildman–Crippen MR) is 85.3 cm³/mol. The van der Waals surface area contributed by atoms with E-state index in [-0.39, 0.29) is 15.3 Å². The van der Waals surface area contributed by atoms with Gasteiger partial charge in [-0.1, -0.05) is 19.6 Å². The van der Waals surface area contributed by atoms with Gasteiger partial charge >= 0.3 is 0 Å². The van der Waals surface area contributed by atoms with Gasteiger partial charge in [-0.15, -0.1) is 0 Å². The first kappa shape index (κ1) is 18.8. The second-order valence-corrected chi connectivity index (χ2v) is 4.46. The largest absolute Gasteiger partial charge is 0.399 e. The van der Waals surface area contributed by atoms with Crippen molar-refractivity contribution in [3.8, 4) is 0 Å². The van der Waals surface area contributed by atoms with Crippen LogP contribution in [0.15, 0.2) is 36.4 Å². The maximum atomic E-state index is 12.4. The van der Waals surface area contributed by atoms with Crippen LogP contribution >= 0.6 is 0 Å². The van der Waals surface area contributed by atoms with E-state index >= 15 is 0 Å². The van der Waals surface area contributed by atoms with Crippen molar-refractivity contribution in [2.24, 2.45) is 0 Å². The Balaban J connectivity index is 0. The van der Waals surface area contributed by atoms with Gasteiger partial charge in [0.1, 0.15) is 6.29 Å². The Kier molecular flexibility index (Phi) is 7.91. The van der Waals surface area contributed by atoms with E-state index in [0.717, 1.165) is 17.8 Å². The molecular weight excluding hydrogens is 272 g/mol. The highest BCUT2D eigenvalue weighted by Gasteiger charge is 2.00. The fraction of sp³-hybridized carbons (Fsp3) is 0.235. The van der Waals surface area contributed by atoms with E-state index in [0.29, 0.717) is 11.8 Å². The second kappa shape index (κ2) is 8.84. The number of anilines is 1. The summed E-state index contributed by atoms with van der Waals surface area (Å²) in [6.07, 6.45) is 0.768. The van der Waals surface area contributed by atoms with Crippen LogP contribution in [0.5, 0.6) is 0 Å². The van der Waals surface area contributed by atoms with Gasteiger partial charge in [0.25, 0.3) is 0 Å². The molecule has 0 amide bonds. The lowest BCUT2D eigenvalue weighted by molar-refractivity contribution is -0.107. The number of aryl methyl sites for hydroxylation is 2. The third kappa shape index (κ3) is 6.17. The zero-order valence-electron chi connectivity index (χ0n) is 11.5. The first-order chi connectivity index (χ1) is 9.43. The fourth-order valence-corrected chi connectivity index (χ4v) is 1.53. The van der Waals surface area contributed by atoms with Gasteiger partial charge < -0.3 is 10.5 Å². The molecule has 2 N–H and O–H groups in total. The average Bonchev–Trinajstić information content (AvgIpc) is 2.40. The molecule has 0 aliphatic rings. The number of hydrogen-bond donors (Lipinski definition) is 1. The summed E-state index contributed by atoms with van der Waals surface area (Å²) in [7, 11) is 0. The van der Waals surface area contributed by atoms with Crippen molar-refractivity contribution in [1.82, 2.24) is 0 Å². The van der Waals surface area contributed by atoms with E-state index in [9.17, 15) is 13.6 Å². The Bertz CT molecular complexity index is 603. The van der Waals surface area contributed by atoms with Crippen LogP contribution in [0.2, 0.25) is 0 Å². The van der Waals surface area contributed by atoms with Crippen LogP contribution in [0.4, 0.5) is 14.5 Å². The normalized spacial score (nSPS) is 9.14. The predicted octanol–water partition coefficient (Wildman–Crippen LogP) is 4.47. The number of nitrogen functional groups attached to an aromatic ring is 1. The summed E-state index contributed by atoms with van der Waals surface area (Å²) < 4.78 is 24.7. The van der Waals surface area contributed by atoms with Crippen LogP contribution in [-0.4, -0.2) is 6.29 Å². The Morgan fingerprint density at radius 1 is 1.05 bits per heavy atom. The Morgan fingerprint density at radius 3 is 2.19 bits per heavy atom. The molecule has 0 aliphatic heterocycles. The molecule has 0 fully saturated rings. The maximum Gasteiger partial charge on any atom is 0.159 e. The molecule has 0 aliphatic carbocycles. The molecule has 21 heavy (non-hydrogen) atoms. The van der Waals surface area contributed by atoms with Gasteiger partial charge in [0.2, 0.25) is 0 Å². The molecule has 0 heterocycles. The van der Waals surface area contributed by atoms with Crippen molar-refractivity contribution in [3.63, 3.8) is 0 Å². The van der Waals surface area contributed by atoms with E-state index in [1.807, 2.05) is 18.2 Å². The molecule has 0 radical (unpaired) electrons. The summed E-state index contributed by atoms with van der Waals surface area (Å²) in [5.41, 5.74) is 9.41. The van der Waals surface area contributed by atoms with Crippen LogP contribution < -0.4 is 5.73 Å². The molecular formula is C17H23F2NO. The molecule has 0 saturated carbocycles. The highest BCUT2D eigenvalue weighted by atomic mass is 19.2. The van der Waals surface area contributed by atoms with Crippen molar-refractivity contribution in [1.29, 1.82) is 0 Å². The smallest absolute Gasteiger partial charge is 0.159 e. The van der Waals surface area contributed by atoms with Gasteiger partial charge in [0.05, 0.1) is 0 Å². The lowest BCUT2D eigenvalue weighted by Crippen LogP contribution is -1.89. The number of benzene rings is 2. The van der Waals surface area contributed by atoms with Crippen LogP contribution in [0, 0.1) is 25.5 Å². The lowest BCUT2D eigenvalue weighted by Gasteiger charge is -1.98. The van der Waals surface area contributed by atoms with Crippen LogP contribution in [0.1, 0.15) is 25.5 Å². The maximum absolute atomic E-state index is 12.4. The first-order valence-corrected chi connectivity index (χ1v) is 6.14. The van der Waals surface area contributed by atoms with E-state index in [1.165, 1.54) is 17.2 Å². The van der Waals surface area contributed by atoms with Crippen molar-refractivity contribution < 1.29 is 15.0 Å². The molecule has 2 aromatic carbocycles. The number of rotatable bonds is 2. The highest BCUT2D eigenvalue weighted by molar-refractivity contribution is 5.54. The monoisotopic (exact) mass is 295 g/mol. The average molecular weight is 295 g/mol. The highest BCUT2D eigenvalue weighted by Crippen LogP contribution is 2.10. The standard InChI is InChI=1S/C8H6F2O.C8H11N.CH4.H2/c9-7-2-1-6(3-4-11)5-8(7)10;1-6-3-4-8(9)5-7(6)2;;/h1-2,4-5H,3H2;3-5H,9H2,1-2H3;1H4;1H. The zero-order chi connectivity index (χ0) is 15.1. The molecule has 0 aromatic heterocycles. The molecule has 2 nitrogen and oxygen atoms in total. The van der Waals surface area contributed by atoms with Crippen molar-refractivity contribution in [2.75, 3.05) is 5.73 Å². The first-order valence-electron chi connectivity index (χ1n) is 6.14. The van der Waals surface area contributed by atoms with Crippen LogP contribution in [-0.2, 0) is 11.2 Å².